The number of benzene rings is 2. The van der Waals surface area contributed by atoms with Crippen LogP contribution in [0.1, 0.15) is 29.8 Å². The lowest BCUT2D eigenvalue weighted by Crippen LogP contribution is -2.13. The lowest BCUT2D eigenvalue weighted by Gasteiger charge is -2.12. The Bertz CT molecular complexity index is 1240. The van der Waals surface area contributed by atoms with Gasteiger partial charge in [-0.1, -0.05) is 18.2 Å². The fraction of sp³-hybridized carbons (Fsp3) is 0.136. The van der Waals surface area contributed by atoms with Crippen molar-refractivity contribution in [2.24, 2.45) is 0 Å². The van der Waals surface area contributed by atoms with Crippen molar-refractivity contribution in [3.05, 3.63) is 77.8 Å². The Morgan fingerprint density at radius 1 is 1.10 bits per heavy atom. The standard InChI is InChI=1S/C22H19F2N5OS/c1-12(2)28-22-17-14(10-25-21(17)26-11-27-22)20(30)18-15(23)8-9-16(19(18)24)29-31-13-6-4-3-5-7-13/h3-12,29H,1-2H3,(H2,25,26,27,28). The first-order valence-corrected chi connectivity index (χ1v) is 10.4. The Balaban J connectivity index is 1.72. The van der Waals surface area contributed by atoms with Crippen LogP contribution in [0.2, 0.25) is 0 Å². The van der Waals surface area contributed by atoms with Crippen LogP contribution >= 0.6 is 11.9 Å². The molecule has 0 aliphatic rings. The molecule has 0 atom stereocenters. The Morgan fingerprint density at radius 2 is 1.87 bits per heavy atom. The largest absolute Gasteiger partial charge is 0.367 e. The molecule has 4 aromatic rings. The summed E-state index contributed by atoms with van der Waals surface area (Å²) < 4.78 is 32.6. The highest BCUT2D eigenvalue weighted by Crippen LogP contribution is 2.31. The lowest BCUT2D eigenvalue weighted by molar-refractivity contribution is 0.103. The summed E-state index contributed by atoms with van der Waals surface area (Å²) in [5.41, 5.74) is -0.144. The van der Waals surface area contributed by atoms with Crippen LogP contribution in [0.5, 0.6) is 0 Å². The molecule has 0 fully saturated rings. The molecule has 0 bridgehead atoms. The summed E-state index contributed by atoms with van der Waals surface area (Å²) in [7, 11) is 0. The number of carbonyl (C=O) groups excluding carboxylic acids is 1. The molecule has 0 radical (unpaired) electrons. The number of aromatic nitrogens is 3. The number of rotatable bonds is 7. The van der Waals surface area contributed by atoms with E-state index in [4.69, 9.17) is 0 Å². The van der Waals surface area contributed by atoms with Crippen molar-refractivity contribution >= 4 is 40.3 Å². The Morgan fingerprint density at radius 3 is 2.61 bits per heavy atom. The average molecular weight is 439 g/mol. The molecule has 3 N–H and O–H groups in total. The van der Waals surface area contributed by atoms with E-state index in [1.54, 1.807) is 0 Å². The van der Waals surface area contributed by atoms with Crippen molar-refractivity contribution < 1.29 is 13.6 Å². The monoisotopic (exact) mass is 439 g/mol. The predicted molar refractivity (Wildman–Crippen MR) is 118 cm³/mol. The van der Waals surface area contributed by atoms with Crippen LogP contribution in [-0.4, -0.2) is 26.8 Å². The number of H-pyrrole nitrogens is 1. The molecule has 2 aromatic carbocycles. The van der Waals surface area contributed by atoms with E-state index in [2.05, 4.69) is 25.0 Å². The van der Waals surface area contributed by atoms with E-state index in [9.17, 15) is 9.18 Å². The number of nitrogens with zero attached hydrogens (tertiary/aromatic N) is 2. The second-order valence-corrected chi connectivity index (χ2v) is 7.96. The van der Waals surface area contributed by atoms with Gasteiger partial charge in [-0.25, -0.2) is 18.7 Å². The molecule has 0 amide bonds. The van der Waals surface area contributed by atoms with Gasteiger partial charge in [0.05, 0.1) is 22.2 Å². The maximum Gasteiger partial charge on any atom is 0.201 e. The summed E-state index contributed by atoms with van der Waals surface area (Å²) in [5.74, 6) is -2.28. The highest BCUT2D eigenvalue weighted by atomic mass is 32.2. The number of carbonyl (C=O) groups is 1. The van der Waals surface area contributed by atoms with Crippen molar-refractivity contribution in [2.45, 2.75) is 24.8 Å². The summed E-state index contributed by atoms with van der Waals surface area (Å²) >= 11 is 1.16. The fourth-order valence-corrected chi connectivity index (χ4v) is 3.78. The summed E-state index contributed by atoms with van der Waals surface area (Å²) in [5, 5.41) is 3.52. The Labute approximate surface area is 181 Å². The molecule has 0 saturated heterocycles. The maximum atomic E-state index is 15.2. The fourth-order valence-electron chi connectivity index (χ4n) is 3.10. The van der Waals surface area contributed by atoms with Crippen molar-refractivity contribution in [2.75, 3.05) is 10.0 Å². The first kappa shape index (κ1) is 20.8. The highest BCUT2D eigenvalue weighted by Gasteiger charge is 2.26. The van der Waals surface area contributed by atoms with Gasteiger partial charge >= 0.3 is 0 Å². The minimum absolute atomic E-state index is 0.00947. The number of hydrogen-bond acceptors (Lipinski definition) is 6. The topological polar surface area (TPSA) is 82.7 Å². The molecule has 0 unspecified atom stereocenters. The van der Waals surface area contributed by atoms with Gasteiger partial charge in [0.15, 0.2) is 5.82 Å². The van der Waals surface area contributed by atoms with Gasteiger partial charge in [-0.3, -0.25) is 4.79 Å². The molecule has 6 nitrogen and oxygen atoms in total. The maximum absolute atomic E-state index is 15.2. The summed E-state index contributed by atoms with van der Waals surface area (Å²) in [6, 6.07) is 11.6. The SMILES string of the molecule is CC(C)Nc1ncnc2[nH]cc(C(=O)c3c(F)ccc(NSc4ccccc4)c3F)c12. The van der Waals surface area contributed by atoms with Gasteiger partial charge in [0.25, 0.3) is 0 Å². The summed E-state index contributed by atoms with van der Waals surface area (Å²) in [6.07, 6.45) is 2.75. The molecule has 2 aromatic heterocycles. The van der Waals surface area contributed by atoms with Gasteiger partial charge < -0.3 is 15.0 Å². The third-order valence-corrected chi connectivity index (χ3v) is 5.31. The van der Waals surface area contributed by atoms with Crippen LogP contribution in [-0.2, 0) is 0 Å². The first-order valence-electron chi connectivity index (χ1n) is 9.55. The van der Waals surface area contributed by atoms with Gasteiger partial charge in [-0.05, 0) is 50.1 Å². The van der Waals surface area contributed by atoms with Crippen molar-refractivity contribution in [1.29, 1.82) is 0 Å². The highest BCUT2D eigenvalue weighted by molar-refractivity contribution is 8.00. The van der Waals surface area contributed by atoms with Crippen LogP contribution < -0.4 is 10.0 Å². The number of anilines is 2. The minimum atomic E-state index is -0.960. The smallest absolute Gasteiger partial charge is 0.201 e. The van der Waals surface area contributed by atoms with Crippen molar-refractivity contribution in [3.8, 4) is 0 Å². The van der Waals surface area contributed by atoms with E-state index in [1.165, 1.54) is 18.6 Å². The molecule has 0 aliphatic carbocycles. The quantitative estimate of drug-likeness (QED) is 0.264. The van der Waals surface area contributed by atoms with Crippen molar-refractivity contribution in [1.82, 2.24) is 15.0 Å². The van der Waals surface area contributed by atoms with E-state index in [-0.39, 0.29) is 17.3 Å². The van der Waals surface area contributed by atoms with Gasteiger partial charge in [-0.15, -0.1) is 0 Å². The normalized spacial score (nSPS) is 11.1. The number of aromatic amines is 1. The van der Waals surface area contributed by atoms with E-state index >= 15 is 4.39 Å². The predicted octanol–water partition coefficient (Wildman–Crippen LogP) is 5.41. The third-order valence-electron chi connectivity index (χ3n) is 4.48. The average Bonchev–Trinajstić information content (AvgIpc) is 3.19. The lowest BCUT2D eigenvalue weighted by atomic mass is 10.0. The molecule has 0 aliphatic heterocycles. The van der Waals surface area contributed by atoms with Crippen LogP contribution in [0.4, 0.5) is 20.3 Å². The second kappa shape index (κ2) is 8.73. The number of fused-ring (bicyclic) bond motifs is 1. The molecule has 158 valence electrons. The minimum Gasteiger partial charge on any atom is -0.367 e. The van der Waals surface area contributed by atoms with E-state index in [1.807, 2.05) is 44.2 Å². The number of hydrogen-bond donors (Lipinski definition) is 3. The van der Waals surface area contributed by atoms with Gasteiger partial charge in [0, 0.05) is 17.1 Å². The van der Waals surface area contributed by atoms with Gasteiger partial charge in [0.1, 0.15) is 23.6 Å². The van der Waals surface area contributed by atoms with Crippen LogP contribution in [0.3, 0.4) is 0 Å². The molecule has 9 heteroatoms. The van der Waals surface area contributed by atoms with E-state index in [0.717, 1.165) is 22.9 Å². The summed E-state index contributed by atoms with van der Waals surface area (Å²) in [4.78, 5) is 25.2. The zero-order chi connectivity index (χ0) is 22.0. The van der Waals surface area contributed by atoms with E-state index in [0.29, 0.717) is 16.9 Å². The molecule has 0 spiro atoms. The second-order valence-electron chi connectivity index (χ2n) is 7.08. The van der Waals surface area contributed by atoms with Gasteiger partial charge in [-0.2, -0.15) is 0 Å². The molecule has 0 saturated carbocycles. The zero-order valence-electron chi connectivity index (χ0n) is 16.7. The van der Waals surface area contributed by atoms with Crippen LogP contribution in [0.15, 0.2) is 59.9 Å². The summed E-state index contributed by atoms with van der Waals surface area (Å²) in [6.45, 7) is 3.84. The number of halogens is 2. The Kier molecular flexibility index (Phi) is 5.85. The first-order chi connectivity index (χ1) is 15.0. The van der Waals surface area contributed by atoms with Gasteiger partial charge in [0.2, 0.25) is 5.78 Å². The molecule has 4 rings (SSSR count). The number of ketones is 1. The molecule has 31 heavy (non-hydrogen) atoms. The third kappa shape index (κ3) is 4.22. The van der Waals surface area contributed by atoms with Crippen LogP contribution in [0.25, 0.3) is 11.0 Å². The number of nitrogens with one attached hydrogen (secondary N) is 3. The van der Waals surface area contributed by atoms with Crippen LogP contribution in [0, 0.1) is 11.6 Å². The molecular formula is C22H19F2N5OS. The molecular weight excluding hydrogens is 420 g/mol. The van der Waals surface area contributed by atoms with Crippen molar-refractivity contribution in [3.63, 3.8) is 0 Å². The zero-order valence-corrected chi connectivity index (χ0v) is 17.6. The Hall–Kier alpha value is -3.46. The molecule has 2 heterocycles. The van der Waals surface area contributed by atoms with E-state index < -0.39 is 23.0 Å².